The molecule has 1 heterocycles. The number of ether oxygens (including phenoxy) is 3. The fraction of sp³-hybridized carbons (Fsp3) is 0.273. The Hall–Kier alpha value is -4.48. The number of nitro groups is 1. The lowest BCUT2D eigenvalue weighted by molar-refractivity contribution is -0.383. The van der Waals surface area contributed by atoms with Crippen molar-refractivity contribution in [3.05, 3.63) is 63.2 Å². The lowest BCUT2D eigenvalue weighted by Gasteiger charge is -2.10. The number of anilines is 1. The van der Waals surface area contributed by atoms with E-state index in [1.54, 1.807) is 12.1 Å². The van der Waals surface area contributed by atoms with Crippen LogP contribution in [0.15, 0.2) is 47.5 Å². The molecule has 3 aromatic rings. The van der Waals surface area contributed by atoms with Gasteiger partial charge in [-0.05, 0) is 18.6 Å². The van der Waals surface area contributed by atoms with Gasteiger partial charge in [-0.3, -0.25) is 29.1 Å². The molecule has 0 atom stereocenters. The van der Waals surface area contributed by atoms with Gasteiger partial charge < -0.3 is 19.5 Å². The van der Waals surface area contributed by atoms with Crippen LogP contribution in [0.2, 0.25) is 0 Å². The van der Waals surface area contributed by atoms with Crippen molar-refractivity contribution in [3.63, 3.8) is 0 Å². The molecule has 34 heavy (non-hydrogen) atoms. The van der Waals surface area contributed by atoms with E-state index in [0.717, 1.165) is 0 Å². The fourth-order valence-corrected chi connectivity index (χ4v) is 3.18. The molecular formula is C22H22N4O8. The van der Waals surface area contributed by atoms with Crippen LogP contribution in [0, 0.1) is 10.1 Å². The van der Waals surface area contributed by atoms with Gasteiger partial charge in [0.15, 0.2) is 18.1 Å². The van der Waals surface area contributed by atoms with Crippen LogP contribution in [0.4, 0.5) is 11.4 Å². The number of benzene rings is 2. The molecule has 1 N–H and O–H groups in total. The first-order chi connectivity index (χ1) is 16.3. The standard InChI is InChI=1S/C22H22N4O8/c1-32-18-10-14-16(11-19(18)33-2)23-13-25(22(14)29)9-5-8-21(28)34-12-20(27)24-15-6-3-4-7-17(15)26(30)31/h3-4,6-7,10-11,13H,5,8-9,12H2,1-2H3,(H,24,27). The highest BCUT2D eigenvalue weighted by atomic mass is 16.6. The largest absolute Gasteiger partial charge is 0.493 e. The molecule has 0 unspecified atom stereocenters. The second-order valence-electron chi connectivity index (χ2n) is 7.05. The molecule has 0 aliphatic heterocycles. The molecule has 0 radical (unpaired) electrons. The second-order valence-corrected chi connectivity index (χ2v) is 7.05. The fourth-order valence-electron chi connectivity index (χ4n) is 3.18. The summed E-state index contributed by atoms with van der Waals surface area (Å²) in [6.07, 6.45) is 1.60. The zero-order chi connectivity index (χ0) is 24.7. The number of nitrogens with one attached hydrogen (secondary N) is 1. The van der Waals surface area contributed by atoms with Gasteiger partial charge in [0.1, 0.15) is 5.69 Å². The Morgan fingerprint density at radius 3 is 2.56 bits per heavy atom. The predicted octanol–water partition coefficient (Wildman–Crippen LogP) is 2.28. The number of para-hydroxylation sites is 2. The van der Waals surface area contributed by atoms with Gasteiger partial charge in [-0.2, -0.15) is 0 Å². The Morgan fingerprint density at radius 1 is 1.15 bits per heavy atom. The molecule has 0 saturated heterocycles. The number of nitro benzene ring substituents is 1. The van der Waals surface area contributed by atoms with Crippen LogP contribution in [0.1, 0.15) is 12.8 Å². The van der Waals surface area contributed by atoms with E-state index in [-0.39, 0.29) is 36.3 Å². The van der Waals surface area contributed by atoms with Gasteiger partial charge in [0.25, 0.3) is 17.2 Å². The first-order valence-electron chi connectivity index (χ1n) is 10.1. The van der Waals surface area contributed by atoms with Gasteiger partial charge in [-0.25, -0.2) is 4.98 Å². The van der Waals surface area contributed by atoms with Crippen molar-refractivity contribution in [3.8, 4) is 11.5 Å². The van der Waals surface area contributed by atoms with E-state index in [9.17, 15) is 24.5 Å². The van der Waals surface area contributed by atoms with E-state index >= 15 is 0 Å². The summed E-state index contributed by atoms with van der Waals surface area (Å²) in [5.74, 6) is -0.504. The smallest absolute Gasteiger partial charge is 0.306 e. The first kappa shape index (κ1) is 24.2. The van der Waals surface area contributed by atoms with Crippen molar-refractivity contribution in [1.82, 2.24) is 9.55 Å². The van der Waals surface area contributed by atoms with Crippen molar-refractivity contribution < 1.29 is 28.7 Å². The van der Waals surface area contributed by atoms with E-state index in [2.05, 4.69) is 10.3 Å². The Labute approximate surface area is 193 Å². The number of rotatable bonds is 10. The van der Waals surface area contributed by atoms with Gasteiger partial charge >= 0.3 is 5.97 Å². The Bertz CT molecular complexity index is 1290. The molecule has 2 aromatic carbocycles. The number of hydrogen-bond acceptors (Lipinski definition) is 9. The third kappa shape index (κ3) is 5.65. The number of hydrogen-bond donors (Lipinski definition) is 1. The van der Waals surface area contributed by atoms with Crippen molar-refractivity contribution in [2.75, 3.05) is 26.1 Å². The van der Waals surface area contributed by atoms with Crippen LogP contribution < -0.4 is 20.3 Å². The number of methoxy groups -OCH3 is 2. The average molecular weight is 470 g/mol. The highest BCUT2D eigenvalue weighted by molar-refractivity contribution is 5.94. The highest BCUT2D eigenvalue weighted by Gasteiger charge is 2.16. The van der Waals surface area contributed by atoms with Crippen molar-refractivity contribution in [2.45, 2.75) is 19.4 Å². The first-order valence-corrected chi connectivity index (χ1v) is 10.1. The van der Waals surface area contributed by atoms with E-state index < -0.39 is 23.4 Å². The topological polar surface area (TPSA) is 152 Å². The lowest BCUT2D eigenvalue weighted by atomic mass is 10.2. The second kappa shape index (κ2) is 10.9. The third-order valence-corrected chi connectivity index (χ3v) is 4.85. The minimum absolute atomic E-state index is 0.00554. The zero-order valence-electron chi connectivity index (χ0n) is 18.5. The summed E-state index contributed by atoms with van der Waals surface area (Å²) in [5, 5.41) is 13.7. The summed E-state index contributed by atoms with van der Waals surface area (Å²) in [4.78, 5) is 51.3. The summed E-state index contributed by atoms with van der Waals surface area (Å²) in [7, 11) is 2.95. The molecule has 0 spiro atoms. The SMILES string of the molecule is COc1cc2ncn(CCCC(=O)OCC(=O)Nc3ccccc3[N+](=O)[O-])c(=O)c2cc1OC. The minimum atomic E-state index is -0.707. The van der Waals surface area contributed by atoms with Gasteiger partial charge in [-0.15, -0.1) is 0 Å². The number of aromatic nitrogens is 2. The summed E-state index contributed by atoms with van der Waals surface area (Å²) in [6, 6.07) is 8.77. The van der Waals surface area contributed by atoms with Crippen molar-refractivity contribution in [1.29, 1.82) is 0 Å². The maximum absolute atomic E-state index is 12.7. The summed E-state index contributed by atoms with van der Waals surface area (Å²) >= 11 is 0. The molecule has 0 aliphatic rings. The molecule has 0 saturated carbocycles. The van der Waals surface area contributed by atoms with Crippen LogP contribution in [-0.2, 0) is 20.9 Å². The third-order valence-electron chi connectivity index (χ3n) is 4.85. The highest BCUT2D eigenvalue weighted by Crippen LogP contribution is 2.29. The quantitative estimate of drug-likeness (QED) is 0.267. The van der Waals surface area contributed by atoms with Gasteiger partial charge in [-0.1, -0.05) is 12.1 Å². The number of fused-ring (bicyclic) bond motifs is 1. The van der Waals surface area contributed by atoms with Crippen LogP contribution in [-0.4, -0.2) is 47.2 Å². The van der Waals surface area contributed by atoms with Crippen LogP contribution in [0.3, 0.4) is 0 Å². The maximum Gasteiger partial charge on any atom is 0.306 e. The maximum atomic E-state index is 12.7. The molecule has 3 rings (SSSR count). The van der Waals surface area contributed by atoms with Crippen LogP contribution in [0.5, 0.6) is 11.5 Å². The summed E-state index contributed by atoms with van der Waals surface area (Å²) in [6.45, 7) is -0.391. The molecule has 0 fully saturated rings. The minimum Gasteiger partial charge on any atom is -0.493 e. The number of nitrogens with zero attached hydrogens (tertiary/aromatic N) is 3. The molecule has 0 aliphatic carbocycles. The number of aryl methyl sites for hydroxylation is 1. The molecular weight excluding hydrogens is 448 g/mol. The Kier molecular flexibility index (Phi) is 7.75. The summed E-state index contributed by atoms with van der Waals surface area (Å²) < 4.78 is 16.7. The van der Waals surface area contributed by atoms with Crippen LogP contribution >= 0.6 is 0 Å². The van der Waals surface area contributed by atoms with E-state index in [0.29, 0.717) is 22.4 Å². The molecule has 0 bridgehead atoms. The van der Waals surface area contributed by atoms with E-state index in [1.807, 2.05) is 0 Å². The normalized spacial score (nSPS) is 10.5. The average Bonchev–Trinajstić information content (AvgIpc) is 2.83. The lowest BCUT2D eigenvalue weighted by Crippen LogP contribution is -2.23. The molecule has 12 heteroatoms. The summed E-state index contributed by atoms with van der Waals surface area (Å²) in [5.41, 5.74) is -0.121. The number of carbonyl (C=O) groups is 2. The number of amides is 1. The van der Waals surface area contributed by atoms with E-state index in [4.69, 9.17) is 14.2 Å². The predicted molar refractivity (Wildman–Crippen MR) is 121 cm³/mol. The van der Waals surface area contributed by atoms with E-state index in [1.165, 1.54) is 49.4 Å². The van der Waals surface area contributed by atoms with Gasteiger partial charge in [0.2, 0.25) is 0 Å². The monoisotopic (exact) mass is 470 g/mol. The molecule has 1 aromatic heterocycles. The van der Waals surface area contributed by atoms with Gasteiger partial charge in [0.05, 0.1) is 36.4 Å². The van der Waals surface area contributed by atoms with Gasteiger partial charge in [0, 0.05) is 25.1 Å². The Morgan fingerprint density at radius 2 is 1.85 bits per heavy atom. The van der Waals surface area contributed by atoms with Crippen LogP contribution in [0.25, 0.3) is 10.9 Å². The zero-order valence-corrected chi connectivity index (χ0v) is 18.5. The van der Waals surface area contributed by atoms with Crippen molar-refractivity contribution >= 4 is 34.2 Å². The number of carbonyl (C=O) groups excluding carboxylic acids is 2. The molecule has 178 valence electrons. The molecule has 1 amide bonds. The Balaban J connectivity index is 1.53. The van der Waals surface area contributed by atoms with Crippen molar-refractivity contribution in [2.24, 2.45) is 0 Å². The number of esters is 1. The molecule has 12 nitrogen and oxygen atoms in total.